The van der Waals surface area contributed by atoms with E-state index < -0.39 is 0 Å². The highest BCUT2D eigenvalue weighted by molar-refractivity contribution is 5.53. The Balaban J connectivity index is 2.45. The largest absolute Gasteiger partial charge is 0.491 e. The number of ether oxygens (including phenoxy) is 2. The van der Waals surface area contributed by atoms with Gasteiger partial charge in [-0.3, -0.25) is 0 Å². The summed E-state index contributed by atoms with van der Waals surface area (Å²) in [5.41, 5.74) is 8.58. The van der Waals surface area contributed by atoms with Crippen LogP contribution in [0.3, 0.4) is 0 Å². The van der Waals surface area contributed by atoms with E-state index in [-0.39, 0.29) is 6.61 Å². The number of rotatable bonds is 6. The van der Waals surface area contributed by atoms with Crippen LogP contribution in [0.1, 0.15) is 11.1 Å². The third-order valence-corrected chi connectivity index (χ3v) is 2.28. The third-order valence-electron chi connectivity index (χ3n) is 2.28. The molecular weight excluding hydrogens is 206 g/mol. The van der Waals surface area contributed by atoms with Gasteiger partial charge in [-0.1, -0.05) is 0 Å². The van der Waals surface area contributed by atoms with E-state index in [0.29, 0.717) is 19.8 Å². The van der Waals surface area contributed by atoms with Gasteiger partial charge in [-0.15, -0.1) is 0 Å². The van der Waals surface area contributed by atoms with E-state index in [1.807, 2.05) is 26.0 Å². The van der Waals surface area contributed by atoms with E-state index in [1.54, 1.807) is 0 Å². The van der Waals surface area contributed by atoms with Gasteiger partial charge in [0.1, 0.15) is 12.4 Å². The quantitative estimate of drug-likeness (QED) is 0.565. The van der Waals surface area contributed by atoms with E-state index in [1.165, 1.54) is 0 Å². The molecule has 90 valence electrons. The topological polar surface area (TPSA) is 64.7 Å². The number of nitrogens with two attached hydrogens (primary N) is 1. The van der Waals surface area contributed by atoms with Crippen molar-refractivity contribution in [2.24, 2.45) is 0 Å². The maximum absolute atomic E-state index is 8.51. The van der Waals surface area contributed by atoms with Crippen LogP contribution >= 0.6 is 0 Å². The number of hydrogen-bond donors (Lipinski definition) is 2. The van der Waals surface area contributed by atoms with E-state index in [4.69, 9.17) is 20.3 Å². The minimum absolute atomic E-state index is 0.0417. The molecule has 1 rings (SSSR count). The molecule has 4 heteroatoms. The predicted octanol–water partition coefficient (Wildman–Crippen LogP) is 1.27. The fourth-order valence-electron chi connectivity index (χ4n) is 1.34. The molecule has 0 aliphatic heterocycles. The van der Waals surface area contributed by atoms with Crippen LogP contribution in [-0.2, 0) is 4.74 Å². The number of benzene rings is 1. The summed E-state index contributed by atoms with van der Waals surface area (Å²) in [5.74, 6) is 0.833. The second-order valence-corrected chi connectivity index (χ2v) is 3.66. The Morgan fingerprint density at radius 1 is 1.12 bits per heavy atom. The van der Waals surface area contributed by atoms with Crippen LogP contribution in [0.25, 0.3) is 0 Å². The van der Waals surface area contributed by atoms with Gasteiger partial charge in [-0.25, -0.2) is 0 Å². The van der Waals surface area contributed by atoms with Gasteiger partial charge in [-0.2, -0.15) is 0 Å². The van der Waals surface area contributed by atoms with Crippen molar-refractivity contribution < 1.29 is 14.6 Å². The van der Waals surface area contributed by atoms with Gasteiger partial charge in [0.15, 0.2) is 0 Å². The van der Waals surface area contributed by atoms with Crippen LogP contribution < -0.4 is 10.5 Å². The van der Waals surface area contributed by atoms with Crippen molar-refractivity contribution in [2.75, 3.05) is 32.2 Å². The lowest BCUT2D eigenvalue weighted by molar-refractivity contribution is 0.0703. The third kappa shape index (κ3) is 3.72. The first-order chi connectivity index (χ1) is 7.65. The average molecular weight is 225 g/mol. The molecule has 0 bridgehead atoms. The second-order valence-electron chi connectivity index (χ2n) is 3.66. The number of nitrogen functional groups attached to an aromatic ring is 1. The molecule has 0 saturated heterocycles. The van der Waals surface area contributed by atoms with Crippen LogP contribution in [-0.4, -0.2) is 31.5 Å². The predicted molar refractivity (Wildman–Crippen MR) is 63.7 cm³/mol. The molecule has 0 atom stereocenters. The fourth-order valence-corrected chi connectivity index (χ4v) is 1.34. The second kappa shape index (κ2) is 6.35. The minimum Gasteiger partial charge on any atom is -0.491 e. The van der Waals surface area contributed by atoms with Crippen molar-refractivity contribution in [1.29, 1.82) is 0 Å². The molecule has 0 aromatic heterocycles. The van der Waals surface area contributed by atoms with E-state index >= 15 is 0 Å². The van der Waals surface area contributed by atoms with Crippen molar-refractivity contribution in [3.05, 3.63) is 23.3 Å². The highest BCUT2D eigenvalue weighted by atomic mass is 16.5. The van der Waals surface area contributed by atoms with Gasteiger partial charge in [0.25, 0.3) is 0 Å². The fraction of sp³-hybridized carbons (Fsp3) is 0.500. The van der Waals surface area contributed by atoms with E-state index in [2.05, 4.69) is 0 Å². The number of aliphatic hydroxyl groups is 1. The molecule has 0 fully saturated rings. The zero-order valence-electron chi connectivity index (χ0n) is 9.82. The molecule has 16 heavy (non-hydrogen) atoms. The van der Waals surface area contributed by atoms with Crippen molar-refractivity contribution >= 4 is 5.69 Å². The van der Waals surface area contributed by atoms with Crippen LogP contribution in [0.2, 0.25) is 0 Å². The molecule has 0 aliphatic carbocycles. The van der Waals surface area contributed by atoms with Crippen LogP contribution in [0.4, 0.5) is 5.69 Å². The number of anilines is 1. The molecule has 0 saturated carbocycles. The lowest BCUT2D eigenvalue weighted by Gasteiger charge is -2.11. The van der Waals surface area contributed by atoms with E-state index in [9.17, 15) is 0 Å². The van der Waals surface area contributed by atoms with Crippen molar-refractivity contribution in [2.45, 2.75) is 13.8 Å². The molecule has 0 radical (unpaired) electrons. The van der Waals surface area contributed by atoms with Crippen molar-refractivity contribution in [3.63, 3.8) is 0 Å². The summed E-state index contributed by atoms with van der Waals surface area (Å²) >= 11 is 0. The lowest BCUT2D eigenvalue weighted by atomic mass is 10.1. The monoisotopic (exact) mass is 225 g/mol. The minimum atomic E-state index is 0.0417. The maximum Gasteiger partial charge on any atom is 0.122 e. The molecule has 1 aromatic rings. The molecule has 4 nitrogen and oxygen atoms in total. The first-order valence-corrected chi connectivity index (χ1v) is 5.33. The summed E-state index contributed by atoms with van der Waals surface area (Å²) in [6.45, 7) is 5.25. The molecule has 0 amide bonds. The van der Waals surface area contributed by atoms with E-state index in [0.717, 1.165) is 22.6 Å². The number of hydrogen-bond acceptors (Lipinski definition) is 4. The van der Waals surface area contributed by atoms with Gasteiger partial charge in [0, 0.05) is 5.69 Å². The highest BCUT2D eigenvalue weighted by Crippen LogP contribution is 2.23. The van der Waals surface area contributed by atoms with Gasteiger partial charge < -0.3 is 20.3 Å². The van der Waals surface area contributed by atoms with Gasteiger partial charge in [0.2, 0.25) is 0 Å². The Hall–Kier alpha value is -1.26. The van der Waals surface area contributed by atoms with Gasteiger partial charge in [-0.05, 0) is 37.1 Å². The van der Waals surface area contributed by atoms with Crippen LogP contribution in [0, 0.1) is 13.8 Å². The van der Waals surface area contributed by atoms with Gasteiger partial charge >= 0.3 is 0 Å². The molecular formula is C12H19NO3. The smallest absolute Gasteiger partial charge is 0.122 e. The highest BCUT2D eigenvalue weighted by Gasteiger charge is 2.03. The Morgan fingerprint density at radius 3 is 2.56 bits per heavy atom. The summed E-state index contributed by atoms with van der Waals surface area (Å²) in [5, 5.41) is 8.51. The summed E-state index contributed by atoms with van der Waals surface area (Å²) in [6, 6.07) is 3.83. The summed E-state index contributed by atoms with van der Waals surface area (Å²) in [6.07, 6.45) is 0. The Labute approximate surface area is 96.0 Å². The summed E-state index contributed by atoms with van der Waals surface area (Å²) in [4.78, 5) is 0. The molecule has 1 aromatic carbocycles. The molecule has 0 spiro atoms. The van der Waals surface area contributed by atoms with Crippen LogP contribution in [0.5, 0.6) is 5.75 Å². The number of aryl methyl sites for hydroxylation is 2. The first-order valence-electron chi connectivity index (χ1n) is 5.33. The van der Waals surface area contributed by atoms with Gasteiger partial charge in [0.05, 0.1) is 19.8 Å². The summed E-state index contributed by atoms with van der Waals surface area (Å²) in [7, 11) is 0. The zero-order chi connectivity index (χ0) is 12.0. The van der Waals surface area contributed by atoms with Crippen LogP contribution in [0.15, 0.2) is 12.1 Å². The normalized spacial score (nSPS) is 10.4. The standard InChI is InChI=1S/C12H19NO3/c1-9-8-12(10(2)7-11(9)13)16-6-5-15-4-3-14/h7-8,14H,3-6,13H2,1-2H3. The Morgan fingerprint density at radius 2 is 1.88 bits per heavy atom. The summed E-state index contributed by atoms with van der Waals surface area (Å²) < 4.78 is 10.7. The molecule has 0 aliphatic rings. The van der Waals surface area contributed by atoms with Crippen molar-refractivity contribution in [1.82, 2.24) is 0 Å². The molecule has 3 N–H and O–H groups in total. The average Bonchev–Trinajstić information content (AvgIpc) is 2.25. The zero-order valence-corrected chi connectivity index (χ0v) is 9.82. The Bertz CT molecular complexity index is 339. The maximum atomic E-state index is 8.51. The first kappa shape index (κ1) is 12.8. The Kier molecular flexibility index (Phi) is 5.08. The lowest BCUT2D eigenvalue weighted by Crippen LogP contribution is -2.09. The number of aliphatic hydroxyl groups excluding tert-OH is 1. The molecule has 0 unspecified atom stereocenters. The molecule has 0 heterocycles. The van der Waals surface area contributed by atoms with Crippen molar-refractivity contribution in [3.8, 4) is 5.75 Å². The SMILES string of the molecule is Cc1cc(OCCOCCO)c(C)cc1N.